The van der Waals surface area contributed by atoms with Gasteiger partial charge in [0.05, 0.1) is 11.7 Å². The zero-order chi connectivity index (χ0) is 11.0. The van der Waals surface area contributed by atoms with Crippen LogP contribution in [0.1, 0.15) is 36.4 Å². The van der Waals surface area contributed by atoms with Crippen LogP contribution in [0.2, 0.25) is 0 Å². The van der Waals surface area contributed by atoms with Gasteiger partial charge in [-0.3, -0.25) is 4.90 Å². The van der Waals surface area contributed by atoms with Crippen LogP contribution in [0.15, 0.2) is 4.52 Å². The fraction of sp³-hybridized carbons (Fsp3) is 0.727. The van der Waals surface area contributed by atoms with Crippen molar-refractivity contribution in [2.75, 3.05) is 13.1 Å². The van der Waals surface area contributed by atoms with E-state index in [1.807, 2.05) is 13.8 Å². The maximum Gasteiger partial charge on any atom is 0.138 e. The van der Waals surface area contributed by atoms with E-state index in [-0.39, 0.29) is 6.04 Å². The van der Waals surface area contributed by atoms with Crippen molar-refractivity contribution >= 4 is 0 Å². The number of aromatic nitrogens is 1. The summed E-state index contributed by atoms with van der Waals surface area (Å²) < 4.78 is 5.22. The van der Waals surface area contributed by atoms with Crippen LogP contribution in [0, 0.1) is 13.8 Å². The molecule has 0 bridgehead atoms. The van der Waals surface area contributed by atoms with E-state index >= 15 is 0 Å². The molecule has 2 unspecified atom stereocenters. The Kier molecular flexibility index (Phi) is 2.80. The number of likely N-dealkylation sites (tertiary alicyclic amines) is 1. The van der Waals surface area contributed by atoms with Crippen molar-refractivity contribution in [3.05, 3.63) is 17.0 Å². The lowest BCUT2D eigenvalue weighted by Crippen LogP contribution is -2.32. The normalized spacial score (nSPS) is 27.5. The van der Waals surface area contributed by atoms with E-state index in [0.717, 1.165) is 31.0 Å². The highest BCUT2D eigenvalue weighted by Gasteiger charge is 2.35. The molecule has 0 aromatic carbocycles. The van der Waals surface area contributed by atoms with Crippen molar-refractivity contribution in [2.24, 2.45) is 5.73 Å². The summed E-state index contributed by atoms with van der Waals surface area (Å²) >= 11 is 0. The van der Waals surface area contributed by atoms with E-state index < -0.39 is 0 Å². The maximum absolute atomic E-state index is 6.16. The van der Waals surface area contributed by atoms with Gasteiger partial charge in [-0.15, -0.1) is 0 Å². The van der Waals surface area contributed by atoms with E-state index in [9.17, 15) is 0 Å². The van der Waals surface area contributed by atoms with Gasteiger partial charge in [-0.1, -0.05) is 12.1 Å². The Bertz CT molecular complexity index is 328. The van der Waals surface area contributed by atoms with E-state index in [1.54, 1.807) is 0 Å². The first-order valence-corrected chi connectivity index (χ1v) is 5.57. The fourth-order valence-corrected chi connectivity index (χ4v) is 2.55. The molecule has 1 aliphatic heterocycles. The highest BCUT2D eigenvalue weighted by molar-refractivity contribution is 5.27. The molecule has 1 aliphatic rings. The first-order valence-electron chi connectivity index (χ1n) is 5.57. The van der Waals surface area contributed by atoms with Gasteiger partial charge in [0.2, 0.25) is 0 Å². The number of hydrogen-bond acceptors (Lipinski definition) is 4. The molecule has 84 valence electrons. The summed E-state index contributed by atoms with van der Waals surface area (Å²) in [6.45, 7) is 8.23. The average Bonchev–Trinajstić information content (AvgIpc) is 2.71. The Balaban J connectivity index is 2.36. The molecule has 0 aliphatic carbocycles. The van der Waals surface area contributed by atoms with Gasteiger partial charge in [-0.25, -0.2) is 0 Å². The minimum atomic E-state index is 0.210. The maximum atomic E-state index is 6.16. The van der Waals surface area contributed by atoms with Crippen molar-refractivity contribution in [1.29, 1.82) is 0 Å². The highest BCUT2D eigenvalue weighted by Crippen LogP contribution is 2.34. The molecule has 0 radical (unpaired) electrons. The fourth-order valence-electron chi connectivity index (χ4n) is 2.55. The molecule has 1 aromatic rings. The number of likely N-dealkylation sites (N-methyl/N-ethyl adjacent to an activating group) is 1. The van der Waals surface area contributed by atoms with Gasteiger partial charge in [0, 0.05) is 18.2 Å². The molecule has 2 rings (SSSR count). The lowest BCUT2D eigenvalue weighted by molar-refractivity contribution is 0.257. The van der Waals surface area contributed by atoms with Crippen molar-refractivity contribution in [3.8, 4) is 0 Å². The molecule has 2 atom stereocenters. The lowest BCUT2D eigenvalue weighted by atomic mass is 9.99. The largest absolute Gasteiger partial charge is 0.361 e. The molecular weight excluding hydrogens is 190 g/mol. The quantitative estimate of drug-likeness (QED) is 0.799. The molecule has 1 fully saturated rings. The predicted octanol–water partition coefficient (Wildman–Crippen LogP) is 1.39. The molecule has 4 nitrogen and oxygen atoms in total. The van der Waals surface area contributed by atoms with Crippen LogP contribution in [0.3, 0.4) is 0 Å². The summed E-state index contributed by atoms with van der Waals surface area (Å²) in [6.07, 6.45) is 1.06. The molecule has 2 N–H and O–H groups in total. The third-order valence-corrected chi connectivity index (χ3v) is 3.34. The molecule has 0 spiro atoms. The summed E-state index contributed by atoms with van der Waals surface area (Å²) in [5.74, 6) is 0.910. The average molecular weight is 209 g/mol. The van der Waals surface area contributed by atoms with Crippen LogP contribution in [0.4, 0.5) is 0 Å². The van der Waals surface area contributed by atoms with Crippen LogP contribution >= 0.6 is 0 Å². The smallest absolute Gasteiger partial charge is 0.138 e. The van der Waals surface area contributed by atoms with Gasteiger partial charge in [-0.05, 0) is 26.8 Å². The zero-order valence-corrected chi connectivity index (χ0v) is 9.66. The van der Waals surface area contributed by atoms with E-state index in [2.05, 4.69) is 17.0 Å². The Morgan fingerprint density at radius 1 is 1.53 bits per heavy atom. The Morgan fingerprint density at radius 2 is 2.27 bits per heavy atom. The summed E-state index contributed by atoms with van der Waals surface area (Å²) in [7, 11) is 0. The van der Waals surface area contributed by atoms with Crippen molar-refractivity contribution in [1.82, 2.24) is 10.1 Å². The van der Waals surface area contributed by atoms with Crippen LogP contribution in [0.25, 0.3) is 0 Å². The van der Waals surface area contributed by atoms with E-state index in [1.165, 1.54) is 5.56 Å². The van der Waals surface area contributed by atoms with Gasteiger partial charge in [-0.2, -0.15) is 0 Å². The molecular formula is C11H19N3O. The molecule has 4 heteroatoms. The molecule has 2 heterocycles. The van der Waals surface area contributed by atoms with Crippen LogP contribution in [-0.4, -0.2) is 29.2 Å². The molecule has 15 heavy (non-hydrogen) atoms. The van der Waals surface area contributed by atoms with Crippen molar-refractivity contribution < 1.29 is 4.52 Å². The highest BCUT2D eigenvalue weighted by atomic mass is 16.5. The van der Waals surface area contributed by atoms with E-state index in [0.29, 0.717) is 6.04 Å². The summed E-state index contributed by atoms with van der Waals surface area (Å²) in [6, 6.07) is 0.503. The lowest BCUT2D eigenvalue weighted by Gasteiger charge is -2.25. The third kappa shape index (κ3) is 1.68. The van der Waals surface area contributed by atoms with E-state index in [4.69, 9.17) is 10.3 Å². The Morgan fingerprint density at radius 3 is 2.80 bits per heavy atom. The number of nitrogens with two attached hydrogens (primary N) is 1. The van der Waals surface area contributed by atoms with Gasteiger partial charge in [0.1, 0.15) is 5.76 Å². The minimum absolute atomic E-state index is 0.210. The Labute approximate surface area is 90.4 Å². The first kappa shape index (κ1) is 10.6. The molecule has 1 saturated heterocycles. The second-order valence-corrected chi connectivity index (χ2v) is 4.26. The monoisotopic (exact) mass is 209 g/mol. The second-order valence-electron chi connectivity index (χ2n) is 4.26. The number of nitrogens with zero attached hydrogens (tertiary/aromatic N) is 2. The number of rotatable bonds is 2. The summed E-state index contributed by atoms with van der Waals surface area (Å²) in [5, 5.41) is 4.01. The number of aryl methyl sites for hydroxylation is 2. The minimum Gasteiger partial charge on any atom is -0.361 e. The van der Waals surface area contributed by atoms with Gasteiger partial charge in [0.25, 0.3) is 0 Å². The van der Waals surface area contributed by atoms with Crippen LogP contribution < -0.4 is 5.73 Å². The SMILES string of the molecule is CCN1CCC(N)C1c1c(C)noc1C. The second kappa shape index (κ2) is 3.94. The zero-order valence-electron chi connectivity index (χ0n) is 9.66. The number of hydrogen-bond donors (Lipinski definition) is 1. The third-order valence-electron chi connectivity index (χ3n) is 3.34. The standard InChI is InChI=1S/C11H19N3O/c1-4-14-6-5-9(12)11(14)10-7(2)13-15-8(10)3/h9,11H,4-6,12H2,1-3H3. The van der Waals surface area contributed by atoms with Gasteiger partial charge >= 0.3 is 0 Å². The Hall–Kier alpha value is -0.870. The van der Waals surface area contributed by atoms with Crippen molar-refractivity contribution in [3.63, 3.8) is 0 Å². The van der Waals surface area contributed by atoms with Crippen LogP contribution in [-0.2, 0) is 0 Å². The molecule has 1 aromatic heterocycles. The predicted molar refractivity (Wildman–Crippen MR) is 58.6 cm³/mol. The molecule has 0 amide bonds. The van der Waals surface area contributed by atoms with Crippen LogP contribution in [0.5, 0.6) is 0 Å². The van der Waals surface area contributed by atoms with Crippen molar-refractivity contribution in [2.45, 2.75) is 39.3 Å². The summed E-state index contributed by atoms with van der Waals surface area (Å²) in [5.41, 5.74) is 8.34. The van der Waals surface area contributed by atoms with Gasteiger partial charge in [0.15, 0.2) is 0 Å². The first-order chi connectivity index (χ1) is 7.15. The summed E-state index contributed by atoms with van der Waals surface area (Å²) in [4.78, 5) is 2.40. The molecule has 0 saturated carbocycles. The topological polar surface area (TPSA) is 55.3 Å². The van der Waals surface area contributed by atoms with Gasteiger partial charge < -0.3 is 10.3 Å².